The van der Waals surface area contributed by atoms with Crippen LogP contribution in [0.4, 0.5) is 22.0 Å². The Hall–Kier alpha value is -1.52. The van der Waals surface area contributed by atoms with Crippen LogP contribution in [-0.2, 0) is 10.8 Å². The van der Waals surface area contributed by atoms with E-state index < -0.39 is 41.8 Å². The second-order valence-electron chi connectivity index (χ2n) is 13.5. The number of aromatic hydroxyl groups is 1. The molecule has 1 aromatic carbocycles. The number of nitrogens with zero attached hydrogens (tertiary/aromatic N) is 1. The van der Waals surface area contributed by atoms with Crippen molar-refractivity contribution in [1.29, 1.82) is 0 Å². The van der Waals surface area contributed by atoms with Crippen LogP contribution in [0.2, 0.25) is 0 Å². The molecule has 4 rings (SSSR count). The predicted octanol–water partition coefficient (Wildman–Crippen LogP) is 8.13. The first-order valence-electron chi connectivity index (χ1n) is 15.8. The third kappa shape index (κ3) is 7.66. The standard InChI is InChI=1S/C33H48F5NO3S/c1-22-10-13-28-29-25(14-16-31(22,28)2)24-12-11-23(40)21-27(24)30(41)26(29)9-5-4-6-17-39(3)18-8-20-43(42)19-7-15-32(34,35)33(36,37)38/h11-12,21,25-26,28-30,40-41H,1,4-10,13-20H2,2-3H3/t25?,26-,28?,29?,30+,31+,43?/m0/s1. The smallest absolute Gasteiger partial charge is 0.453 e. The zero-order valence-electron chi connectivity index (χ0n) is 25.5. The van der Waals surface area contributed by atoms with Crippen molar-refractivity contribution in [3.8, 4) is 5.75 Å². The van der Waals surface area contributed by atoms with Crippen molar-refractivity contribution in [2.45, 2.75) is 102 Å². The van der Waals surface area contributed by atoms with Crippen molar-refractivity contribution >= 4 is 10.8 Å². The molecule has 0 radical (unpaired) electrons. The van der Waals surface area contributed by atoms with Gasteiger partial charge in [-0.1, -0.05) is 38.0 Å². The van der Waals surface area contributed by atoms with Crippen molar-refractivity contribution in [1.82, 2.24) is 4.90 Å². The Morgan fingerprint density at radius 2 is 1.72 bits per heavy atom. The zero-order chi connectivity index (χ0) is 31.6. The molecule has 3 aliphatic carbocycles. The minimum atomic E-state index is -5.56. The number of allylic oxidation sites excluding steroid dienone is 1. The monoisotopic (exact) mass is 633 g/mol. The third-order valence-corrected chi connectivity index (χ3v) is 12.2. The van der Waals surface area contributed by atoms with Gasteiger partial charge in [0.05, 0.1) is 6.10 Å². The highest BCUT2D eigenvalue weighted by molar-refractivity contribution is 7.84. The SMILES string of the molecule is C=C1CCC2C3C(CC[C@]12C)c1ccc(O)cc1[C@H](O)[C@H]3CCCCCN(C)CCCS(=O)CCCC(F)(F)C(F)(F)F. The summed E-state index contributed by atoms with van der Waals surface area (Å²) in [5, 5.41) is 21.8. The number of aliphatic hydroxyl groups excluding tert-OH is 1. The minimum absolute atomic E-state index is 0.133. The number of benzene rings is 1. The molecule has 0 amide bonds. The maximum atomic E-state index is 13.0. The summed E-state index contributed by atoms with van der Waals surface area (Å²) in [6, 6.07) is 5.52. The molecule has 0 aromatic heterocycles. The van der Waals surface area contributed by atoms with E-state index in [1.807, 2.05) is 13.1 Å². The molecule has 0 bridgehead atoms. The summed E-state index contributed by atoms with van der Waals surface area (Å²) in [7, 11) is 0.560. The molecule has 7 atom stereocenters. The molecule has 244 valence electrons. The van der Waals surface area contributed by atoms with Gasteiger partial charge in [-0.3, -0.25) is 4.21 Å². The number of halogens is 5. The van der Waals surface area contributed by atoms with Gasteiger partial charge in [0.1, 0.15) is 5.75 Å². The number of hydrogen-bond donors (Lipinski definition) is 2. The Balaban J connectivity index is 1.21. The van der Waals surface area contributed by atoms with E-state index in [4.69, 9.17) is 0 Å². The number of alkyl halides is 5. The van der Waals surface area contributed by atoms with E-state index in [0.717, 1.165) is 63.5 Å². The van der Waals surface area contributed by atoms with Crippen LogP contribution in [0.5, 0.6) is 5.75 Å². The van der Waals surface area contributed by atoms with Gasteiger partial charge in [0.25, 0.3) is 0 Å². The summed E-state index contributed by atoms with van der Waals surface area (Å²) in [4.78, 5) is 2.14. The van der Waals surface area contributed by atoms with Gasteiger partial charge in [0.15, 0.2) is 0 Å². The van der Waals surface area contributed by atoms with Crippen molar-refractivity contribution < 1.29 is 36.4 Å². The summed E-state index contributed by atoms with van der Waals surface area (Å²) in [5.74, 6) is -2.96. The largest absolute Gasteiger partial charge is 0.508 e. The van der Waals surface area contributed by atoms with Crippen LogP contribution in [0, 0.1) is 23.2 Å². The van der Waals surface area contributed by atoms with E-state index in [1.165, 1.54) is 11.1 Å². The molecule has 0 aliphatic heterocycles. The van der Waals surface area contributed by atoms with Gasteiger partial charge in [-0.05, 0) is 124 Å². The molecule has 0 heterocycles. The quantitative estimate of drug-likeness (QED) is 0.123. The Morgan fingerprint density at radius 3 is 2.44 bits per heavy atom. The number of phenols is 1. The van der Waals surface area contributed by atoms with Crippen molar-refractivity contribution in [3.05, 3.63) is 41.5 Å². The van der Waals surface area contributed by atoms with E-state index in [0.29, 0.717) is 30.7 Å². The molecule has 1 aromatic rings. The predicted molar refractivity (Wildman–Crippen MR) is 161 cm³/mol. The summed E-state index contributed by atoms with van der Waals surface area (Å²) in [6.07, 6.45) is 0.957. The lowest BCUT2D eigenvalue weighted by Crippen LogP contribution is -2.45. The number of phenolic OH excluding ortho intramolecular Hbond substituents is 1. The van der Waals surface area contributed by atoms with Gasteiger partial charge in [0, 0.05) is 28.7 Å². The molecular formula is C33H48F5NO3S. The number of unbranched alkanes of at least 4 members (excludes halogenated alkanes) is 2. The van der Waals surface area contributed by atoms with Crippen molar-refractivity contribution in [3.63, 3.8) is 0 Å². The van der Waals surface area contributed by atoms with Crippen molar-refractivity contribution in [2.75, 3.05) is 31.6 Å². The van der Waals surface area contributed by atoms with Crippen LogP contribution in [0.25, 0.3) is 0 Å². The molecular weight excluding hydrogens is 585 g/mol. The molecule has 2 saturated carbocycles. The number of hydrogen-bond acceptors (Lipinski definition) is 4. The van der Waals surface area contributed by atoms with Gasteiger partial charge in [-0.25, -0.2) is 0 Å². The lowest BCUT2D eigenvalue weighted by Gasteiger charge is -2.54. The topological polar surface area (TPSA) is 60.8 Å². The van der Waals surface area contributed by atoms with Crippen LogP contribution in [0.1, 0.15) is 101 Å². The van der Waals surface area contributed by atoms with E-state index in [2.05, 4.69) is 18.4 Å². The molecule has 3 aliphatic rings. The average molecular weight is 634 g/mol. The average Bonchev–Trinajstić information content (AvgIpc) is 3.23. The first kappa shape index (κ1) is 34.4. The molecule has 2 N–H and O–H groups in total. The van der Waals surface area contributed by atoms with Gasteiger partial charge >= 0.3 is 12.1 Å². The van der Waals surface area contributed by atoms with E-state index >= 15 is 0 Å². The molecule has 43 heavy (non-hydrogen) atoms. The number of aliphatic hydroxyl groups is 1. The van der Waals surface area contributed by atoms with Crippen molar-refractivity contribution in [2.24, 2.45) is 23.2 Å². The first-order chi connectivity index (χ1) is 20.2. The molecule has 2 fully saturated rings. The summed E-state index contributed by atoms with van der Waals surface area (Å²) >= 11 is 0. The Kier molecular flexibility index (Phi) is 11.1. The first-order valence-corrected chi connectivity index (χ1v) is 17.3. The number of fused-ring (bicyclic) bond motifs is 5. The molecule has 10 heteroatoms. The normalized spacial score (nSPS) is 29.8. The molecule has 0 saturated heterocycles. The second kappa shape index (κ2) is 13.9. The number of rotatable bonds is 14. The zero-order valence-corrected chi connectivity index (χ0v) is 26.3. The van der Waals surface area contributed by atoms with Crippen LogP contribution in [0.15, 0.2) is 30.4 Å². The highest BCUT2D eigenvalue weighted by atomic mass is 32.2. The van der Waals surface area contributed by atoms with Crippen LogP contribution < -0.4 is 0 Å². The Bertz CT molecular complexity index is 1140. The Labute approximate surface area is 255 Å². The van der Waals surface area contributed by atoms with Gasteiger partial charge in [0.2, 0.25) is 0 Å². The van der Waals surface area contributed by atoms with E-state index in [1.54, 1.807) is 12.1 Å². The highest BCUT2D eigenvalue weighted by Crippen LogP contribution is 2.65. The fraction of sp³-hybridized carbons (Fsp3) is 0.758. The lowest BCUT2D eigenvalue weighted by molar-refractivity contribution is -0.284. The van der Waals surface area contributed by atoms with Crippen LogP contribution >= 0.6 is 0 Å². The molecule has 4 nitrogen and oxygen atoms in total. The minimum Gasteiger partial charge on any atom is -0.508 e. The third-order valence-electron chi connectivity index (χ3n) is 10.7. The van der Waals surface area contributed by atoms with E-state index in [-0.39, 0.29) is 28.6 Å². The maximum Gasteiger partial charge on any atom is 0.453 e. The second-order valence-corrected chi connectivity index (χ2v) is 15.2. The van der Waals surface area contributed by atoms with E-state index in [9.17, 15) is 36.4 Å². The molecule has 0 spiro atoms. The van der Waals surface area contributed by atoms with Crippen LogP contribution in [0.3, 0.4) is 0 Å². The highest BCUT2D eigenvalue weighted by Gasteiger charge is 2.57. The lowest BCUT2D eigenvalue weighted by atomic mass is 9.51. The van der Waals surface area contributed by atoms with Gasteiger partial charge in [-0.2, -0.15) is 22.0 Å². The van der Waals surface area contributed by atoms with Gasteiger partial charge < -0.3 is 15.1 Å². The summed E-state index contributed by atoms with van der Waals surface area (Å²) in [6.45, 7) is 8.33. The van der Waals surface area contributed by atoms with Gasteiger partial charge in [-0.15, -0.1) is 0 Å². The summed E-state index contributed by atoms with van der Waals surface area (Å²) in [5.41, 5.74) is 3.58. The fourth-order valence-electron chi connectivity index (χ4n) is 8.26. The molecule has 4 unspecified atom stereocenters. The Morgan fingerprint density at radius 1 is 1.02 bits per heavy atom. The van der Waals surface area contributed by atoms with Crippen LogP contribution in [-0.4, -0.2) is 63.1 Å². The fourth-order valence-corrected chi connectivity index (χ4v) is 9.38. The maximum absolute atomic E-state index is 13.0. The summed E-state index contributed by atoms with van der Waals surface area (Å²) < 4.78 is 74.9.